The van der Waals surface area contributed by atoms with Crippen molar-refractivity contribution in [3.63, 3.8) is 0 Å². The smallest absolute Gasteiger partial charge is 0.306 e. The van der Waals surface area contributed by atoms with Gasteiger partial charge in [0.25, 0.3) is 0 Å². The van der Waals surface area contributed by atoms with Gasteiger partial charge in [-0.2, -0.15) is 0 Å². The maximum atomic E-state index is 12.8. The summed E-state index contributed by atoms with van der Waals surface area (Å²) >= 11 is 0. The van der Waals surface area contributed by atoms with Gasteiger partial charge >= 0.3 is 17.9 Å². The predicted octanol–water partition coefficient (Wildman–Crippen LogP) is 16.2. The third-order valence-electron chi connectivity index (χ3n) is 10.3. The molecule has 0 heterocycles. The van der Waals surface area contributed by atoms with Crippen molar-refractivity contribution in [1.82, 2.24) is 0 Å². The van der Waals surface area contributed by atoms with Crippen LogP contribution in [-0.4, -0.2) is 37.2 Å². The van der Waals surface area contributed by atoms with E-state index >= 15 is 0 Å². The Kier molecular flexibility index (Phi) is 46.0. The Morgan fingerprint density at radius 2 is 0.656 bits per heavy atom. The van der Waals surface area contributed by atoms with Crippen LogP contribution in [0.1, 0.15) is 213 Å². The number of unbranched alkanes of at least 4 members (excludes halogenated alkanes) is 22. The Balaban J connectivity index is 4.50. The second kappa shape index (κ2) is 49.0. The molecule has 0 aromatic heterocycles. The molecule has 0 rings (SSSR count). The quantitative estimate of drug-likeness (QED) is 0.0263. The Bertz CT molecular complexity index is 1250. The van der Waals surface area contributed by atoms with Gasteiger partial charge in [-0.05, 0) is 57.8 Å². The highest BCUT2D eigenvalue weighted by atomic mass is 16.6. The predicted molar refractivity (Wildman–Crippen MR) is 260 cm³/mol. The van der Waals surface area contributed by atoms with Crippen molar-refractivity contribution in [2.75, 3.05) is 13.2 Å². The lowest BCUT2D eigenvalue weighted by molar-refractivity contribution is -0.167. The molecule has 61 heavy (non-hydrogen) atoms. The SMILES string of the molecule is CC\C=C/C=C\C=C/C=C\C=C\C=C/CCCCCC(=O)OCC(COC(=O)CCCCC/C=C\C=C/CCCC)OC(=O)CCCCCCCCCCCCCCCCC. The van der Waals surface area contributed by atoms with Gasteiger partial charge in [0.15, 0.2) is 6.10 Å². The van der Waals surface area contributed by atoms with Crippen LogP contribution in [0.2, 0.25) is 0 Å². The number of hydrogen-bond donors (Lipinski definition) is 0. The molecule has 0 fully saturated rings. The summed E-state index contributed by atoms with van der Waals surface area (Å²) in [7, 11) is 0. The number of hydrogen-bond acceptors (Lipinski definition) is 6. The number of allylic oxidation sites excluding steroid dienone is 16. The summed E-state index contributed by atoms with van der Waals surface area (Å²) < 4.78 is 16.7. The van der Waals surface area contributed by atoms with Crippen LogP contribution < -0.4 is 0 Å². The molecule has 0 aliphatic heterocycles. The molecule has 0 spiro atoms. The minimum Gasteiger partial charge on any atom is -0.462 e. The lowest BCUT2D eigenvalue weighted by atomic mass is 10.0. The van der Waals surface area contributed by atoms with Gasteiger partial charge in [-0.15, -0.1) is 0 Å². The molecular weight excluding hydrogens is 757 g/mol. The minimum atomic E-state index is -0.805. The molecule has 1 atom stereocenters. The van der Waals surface area contributed by atoms with Crippen LogP contribution >= 0.6 is 0 Å². The van der Waals surface area contributed by atoms with Crippen LogP contribution in [0.15, 0.2) is 97.2 Å². The van der Waals surface area contributed by atoms with Crippen molar-refractivity contribution in [2.24, 2.45) is 0 Å². The summed E-state index contributed by atoms with van der Waals surface area (Å²) in [6, 6.07) is 0. The van der Waals surface area contributed by atoms with Gasteiger partial charge < -0.3 is 14.2 Å². The van der Waals surface area contributed by atoms with Crippen LogP contribution in [0.25, 0.3) is 0 Å². The molecule has 0 radical (unpaired) electrons. The molecule has 346 valence electrons. The van der Waals surface area contributed by atoms with E-state index in [9.17, 15) is 14.4 Å². The highest BCUT2D eigenvalue weighted by Gasteiger charge is 2.19. The van der Waals surface area contributed by atoms with Crippen LogP contribution in [0.3, 0.4) is 0 Å². The first-order valence-corrected chi connectivity index (χ1v) is 24.8. The maximum Gasteiger partial charge on any atom is 0.306 e. The first-order valence-electron chi connectivity index (χ1n) is 24.8. The molecule has 6 nitrogen and oxygen atoms in total. The zero-order chi connectivity index (χ0) is 44.4. The Labute approximate surface area is 375 Å². The van der Waals surface area contributed by atoms with Gasteiger partial charge in [-0.3, -0.25) is 14.4 Å². The summed E-state index contributed by atoms with van der Waals surface area (Å²) in [5.74, 6) is -0.978. The number of rotatable bonds is 43. The lowest BCUT2D eigenvalue weighted by Gasteiger charge is -2.18. The van der Waals surface area contributed by atoms with Gasteiger partial charge in [-0.25, -0.2) is 0 Å². The number of esters is 3. The molecule has 0 saturated carbocycles. The van der Waals surface area contributed by atoms with Crippen LogP contribution in [0.4, 0.5) is 0 Å². The normalized spacial score (nSPS) is 12.9. The van der Waals surface area contributed by atoms with Crippen molar-refractivity contribution in [3.8, 4) is 0 Å². The fourth-order valence-electron chi connectivity index (χ4n) is 6.51. The standard InChI is InChI=1S/C55H90O6/c1-4-7-10-13-16-19-22-24-26-27-29-30-33-36-39-42-45-48-54(57)60-51-52(50-59-53(56)47-44-41-38-35-32-21-18-15-12-9-6-3)61-55(58)49-46-43-40-37-34-31-28-25-23-20-17-14-11-8-5-2/h7,10,13,15-16,18-19,21-22,24,26-27,29-30,32-33,52H,4-6,8-9,11-12,14,17,20,23,25,28,31,34-51H2,1-3H3/b10-7-,16-13-,18-15-,22-19-,26-24-,29-27+,32-21-,33-30-. The molecule has 0 saturated heterocycles. The first-order chi connectivity index (χ1) is 30.0. The zero-order valence-electron chi connectivity index (χ0n) is 39.4. The molecule has 0 N–H and O–H groups in total. The second-order valence-electron chi connectivity index (χ2n) is 16.2. The molecule has 6 heteroatoms. The molecule has 0 bridgehead atoms. The average molecular weight is 847 g/mol. The van der Waals surface area contributed by atoms with Crippen molar-refractivity contribution in [2.45, 2.75) is 219 Å². The maximum absolute atomic E-state index is 12.8. The van der Waals surface area contributed by atoms with Crippen LogP contribution in [0, 0.1) is 0 Å². The zero-order valence-corrected chi connectivity index (χ0v) is 39.4. The monoisotopic (exact) mass is 847 g/mol. The minimum absolute atomic E-state index is 0.106. The van der Waals surface area contributed by atoms with E-state index in [2.05, 4.69) is 57.2 Å². The molecule has 0 aliphatic carbocycles. The van der Waals surface area contributed by atoms with Crippen molar-refractivity contribution in [3.05, 3.63) is 97.2 Å². The summed E-state index contributed by atoms with van der Waals surface area (Å²) in [6.07, 6.45) is 63.9. The van der Waals surface area contributed by atoms with E-state index in [1.54, 1.807) is 0 Å². The molecule has 0 amide bonds. The molecular formula is C55H90O6. The van der Waals surface area contributed by atoms with Gasteiger partial charge in [0.2, 0.25) is 0 Å². The molecule has 0 aliphatic rings. The van der Waals surface area contributed by atoms with E-state index in [-0.39, 0.29) is 31.1 Å². The first kappa shape index (κ1) is 57.3. The molecule has 0 aromatic carbocycles. The van der Waals surface area contributed by atoms with E-state index in [0.717, 1.165) is 83.5 Å². The topological polar surface area (TPSA) is 78.9 Å². The fourth-order valence-corrected chi connectivity index (χ4v) is 6.51. The average Bonchev–Trinajstić information content (AvgIpc) is 3.26. The van der Waals surface area contributed by atoms with Gasteiger partial charge in [0.05, 0.1) is 0 Å². The Morgan fingerprint density at radius 1 is 0.344 bits per heavy atom. The van der Waals surface area contributed by atoms with Crippen LogP contribution in [-0.2, 0) is 28.6 Å². The van der Waals surface area contributed by atoms with Crippen molar-refractivity contribution in [1.29, 1.82) is 0 Å². The third-order valence-corrected chi connectivity index (χ3v) is 10.3. The highest BCUT2D eigenvalue weighted by Crippen LogP contribution is 2.15. The summed E-state index contributed by atoms with van der Waals surface area (Å²) in [5, 5.41) is 0. The van der Waals surface area contributed by atoms with Crippen LogP contribution in [0.5, 0.6) is 0 Å². The molecule has 0 aromatic rings. The lowest BCUT2D eigenvalue weighted by Crippen LogP contribution is -2.30. The second-order valence-corrected chi connectivity index (χ2v) is 16.2. The Hall–Kier alpha value is -3.67. The number of ether oxygens (including phenoxy) is 3. The van der Waals surface area contributed by atoms with E-state index < -0.39 is 6.10 Å². The number of carbonyl (C=O) groups excluding carboxylic acids is 3. The van der Waals surface area contributed by atoms with E-state index in [1.807, 2.05) is 60.8 Å². The third kappa shape index (κ3) is 47.2. The highest BCUT2D eigenvalue weighted by molar-refractivity contribution is 5.71. The summed E-state index contributed by atoms with van der Waals surface area (Å²) in [6.45, 7) is 6.37. The molecule has 1 unspecified atom stereocenters. The van der Waals surface area contributed by atoms with Gasteiger partial charge in [-0.1, -0.05) is 234 Å². The Morgan fingerprint density at radius 3 is 1.07 bits per heavy atom. The van der Waals surface area contributed by atoms with E-state index in [4.69, 9.17) is 14.2 Å². The largest absolute Gasteiger partial charge is 0.462 e. The fraction of sp³-hybridized carbons (Fsp3) is 0.655. The van der Waals surface area contributed by atoms with Gasteiger partial charge in [0, 0.05) is 19.3 Å². The van der Waals surface area contributed by atoms with E-state index in [0.29, 0.717) is 19.3 Å². The number of carbonyl (C=O) groups is 3. The van der Waals surface area contributed by atoms with E-state index in [1.165, 1.54) is 89.9 Å². The van der Waals surface area contributed by atoms with Crippen molar-refractivity contribution >= 4 is 17.9 Å². The van der Waals surface area contributed by atoms with Gasteiger partial charge in [0.1, 0.15) is 13.2 Å². The van der Waals surface area contributed by atoms with Crippen molar-refractivity contribution < 1.29 is 28.6 Å². The summed E-state index contributed by atoms with van der Waals surface area (Å²) in [5.41, 5.74) is 0. The summed E-state index contributed by atoms with van der Waals surface area (Å²) in [4.78, 5) is 37.9.